The molecular formula is C22H32N2O3. The zero-order chi connectivity index (χ0) is 20.2. The number of carboxylic acid groups (broad SMARTS) is 1. The van der Waals surface area contributed by atoms with Crippen molar-refractivity contribution in [1.82, 2.24) is 0 Å². The number of hydrogen-bond acceptors (Lipinski definition) is 2. The number of fused-ring (bicyclic) bond motifs is 3. The second-order valence-corrected chi connectivity index (χ2v) is 9.77. The molecule has 2 amide bonds. The Kier molecular flexibility index (Phi) is 4.56. The molecule has 0 aromatic heterocycles. The lowest BCUT2D eigenvalue weighted by molar-refractivity contribution is -0.135. The number of rotatable bonds is 2. The van der Waals surface area contributed by atoms with Crippen LogP contribution in [-0.2, 0) is 16.6 Å². The fourth-order valence-electron chi connectivity index (χ4n) is 5.67. The van der Waals surface area contributed by atoms with Gasteiger partial charge in [0.25, 0.3) is 0 Å². The number of anilines is 1. The van der Waals surface area contributed by atoms with Crippen LogP contribution in [0.1, 0.15) is 71.4 Å². The van der Waals surface area contributed by atoms with Gasteiger partial charge >= 0.3 is 6.09 Å². The first-order valence-electron chi connectivity index (χ1n) is 9.88. The lowest BCUT2D eigenvalue weighted by atomic mass is 9.49. The van der Waals surface area contributed by atoms with Crippen LogP contribution < -0.4 is 10.6 Å². The van der Waals surface area contributed by atoms with Gasteiger partial charge in [0.05, 0.1) is 0 Å². The van der Waals surface area contributed by atoms with Crippen LogP contribution in [-0.4, -0.2) is 22.6 Å². The lowest BCUT2D eigenvalue weighted by Gasteiger charge is -2.54. The zero-order valence-electron chi connectivity index (χ0n) is 17.1. The van der Waals surface area contributed by atoms with Crippen LogP contribution in [0.2, 0.25) is 0 Å². The first kappa shape index (κ1) is 19.7. The summed E-state index contributed by atoms with van der Waals surface area (Å²) in [6.07, 6.45) is 3.69. The normalized spacial score (nSPS) is 30.2. The van der Waals surface area contributed by atoms with E-state index in [9.17, 15) is 14.7 Å². The number of carbonyl (C=O) groups excluding carboxylic acids is 1. The molecule has 5 heteroatoms. The molecule has 1 aromatic carbocycles. The topological polar surface area (TPSA) is 83.6 Å². The fourth-order valence-corrected chi connectivity index (χ4v) is 5.67. The summed E-state index contributed by atoms with van der Waals surface area (Å²) in [5, 5.41) is 9.78. The largest absolute Gasteiger partial charge is 0.465 e. The number of carbonyl (C=O) groups is 2. The van der Waals surface area contributed by atoms with Crippen LogP contribution in [0.3, 0.4) is 0 Å². The van der Waals surface area contributed by atoms with Gasteiger partial charge < -0.3 is 10.8 Å². The quantitative estimate of drug-likeness (QED) is 0.803. The van der Waals surface area contributed by atoms with Crippen molar-refractivity contribution in [3.63, 3.8) is 0 Å². The molecule has 3 atom stereocenters. The molecule has 3 N–H and O–H groups in total. The van der Waals surface area contributed by atoms with Gasteiger partial charge in [-0.1, -0.05) is 26.3 Å². The first-order valence-corrected chi connectivity index (χ1v) is 9.88. The predicted molar refractivity (Wildman–Crippen MR) is 107 cm³/mol. The van der Waals surface area contributed by atoms with Gasteiger partial charge in [-0.25, -0.2) is 4.79 Å². The lowest BCUT2D eigenvalue weighted by Crippen LogP contribution is -2.54. The van der Waals surface area contributed by atoms with Gasteiger partial charge in [0.15, 0.2) is 0 Å². The van der Waals surface area contributed by atoms with E-state index < -0.39 is 17.0 Å². The minimum Gasteiger partial charge on any atom is -0.465 e. The summed E-state index contributed by atoms with van der Waals surface area (Å²) in [6.45, 7) is 9.95. The minimum atomic E-state index is -0.953. The van der Waals surface area contributed by atoms with E-state index in [2.05, 4.69) is 13.0 Å². The number of benzene rings is 1. The molecule has 5 nitrogen and oxygen atoms in total. The molecule has 0 unspecified atom stereocenters. The number of hydrogen-bond donors (Lipinski definition) is 2. The summed E-state index contributed by atoms with van der Waals surface area (Å²) in [7, 11) is 0. The van der Waals surface area contributed by atoms with Crippen LogP contribution in [0, 0.1) is 11.3 Å². The van der Waals surface area contributed by atoms with E-state index in [1.807, 2.05) is 39.8 Å². The van der Waals surface area contributed by atoms with Crippen LogP contribution in [0.4, 0.5) is 10.5 Å². The highest BCUT2D eigenvalue weighted by Gasteiger charge is 2.54. The molecule has 0 bridgehead atoms. The van der Waals surface area contributed by atoms with Crippen molar-refractivity contribution >= 4 is 17.7 Å². The maximum Gasteiger partial charge on any atom is 0.412 e. The average Bonchev–Trinajstić information content (AvgIpc) is 2.53. The SMILES string of the molecule is CC(C)(C)N(C(=O)O)c1ccc2c(c1)[C@@]1(C)CCC[C@](C)(C(N)=O)[C@@H]1CC2. The molecule has 0 saturated heterocycles. The standard InChI is InChI=1S/C22H32N2O3/c1-20(2,3)24(19(26)27)15-9-7-14-8-10-17-21(4,16(14)13-15)11-6-12-22(17,5)18(23)25/h7,9,13,17H,6,8,10-12H2,1-5H3,(H2,23,25)(H,26,27)/t17-,21-,22+/m1/s1. The second-order valence-electron chi connectivity index (χ2n) is 9.77. The van der Waals surface area contributed by atoms with Crippen molar-refractivity contribution in [3.05, 3.63) is 29.3 Å². The third-order valence-corrected chi connectivity index (χ3v) is 7.02. The number of amides is 2. The van der Waals surface area contributed by atoms with Gasteiger partial charge in [-0.15, -0.1) is 0 Å². The predicted octanol–water partition coefficient (Wildman–Crippen LogP) is 4.47. The molecule has 1 aromatic rings. The summed E-state index contributed by atoms with van der Waals surface area (Å²) in [6, 6.07) is 6.04. The fraction of sp³-hybridized carbons (Fsp3) is 0.636. The molecular weight excluding hydrogens is 340 g/mol. The number of primary amides is 1. The molecule has 1 fully saturated rings. The molecule has 0 heterocycles. The molecule has 1 saturated carbocycles. The Bertz CT molecular complexity index is 782. The number of nitrogens with zero attached hydrogens (tertiary/aromatic N) is 1. The van der Waals surface area contributed by atoms with Crippen LogP contribution >= 0.6 is 0 Å². The van der Waals surface area contributed by atoms with Crippen LogP contribution in [0.15, 0.2) is 18.2 Å². The minimum absolute atomic E-state index is 0.159. The summed E-state index contributed by atoms with van der Waals surface area (Å²) in [5.74, 6) is -0.0215. The summed E-state index contributed by atoms with van der Waals surface area (Å²) < 4.78 is 0. The smallest absolute Gasteiger partial charge is 0.412 e. The Morgan fingerprint density at radius 2 is 1.89 bits per heavy atom. The molecule has 0 spiro atoms. The molecule has 27 heavy (non-hydrogen) atoms. The first-order chi connectivity index (χ1) is 12.4. The third-order valence-electron chi connectivity index (χ3n) is 7.02. The Morgan fingerprint density at radius 1 is 1.22 bits per heavy atom. The Morgan fingerprint density at radius 3 is 2.44 bits per heavy atom. The van der Waals surface area contributed by atoms with E-state index in [4.69, 9.17) is 5.73 Å². The Labute approximate surface area is 161 Å². The van der Waals surface area contributed by atoms with Crippen molar-refractivity contribution in [2.45, 2.75) is 77.7 Å². The molecule has 2 aliphatic carbocycles. The molecule has 3 rings (SSSR count). The number of aryl methyl sites for hydroxylation is 1. The van der Waals surface area contributed by atoms with E-state index in [1.54, 1.807) is 0 Å². The molecule has 0 aliphatic heterocycles. The van der Waals surface area contributed by atoms with E-state index in [0.717, 1.165) is 32.1 Å². The Balaban J connectivity index is 2.13. The van der Waals surface area contributed by atoms with Gasteiger partial charge in [0.1, 0.15) is 0 Å². The van der Waals surface area contributed by atoms with Crippen LogP contribution in [0.5, 0.6) is 0 Å². The highest BCUT2D eigenvalue weighted by Crippen LogP contribution is 2.57. The third kappa shape index (κ3) is 3.01. The van der Waals surface area contributed by atoms with E-state index >= 15 is 0 Å². The molecule has 148 valence electrons. The zero-order valence-corrected chi connectivity index (χ0v) is 17.1. The van der Waals surface area contributed by atoms with E-state index in [-0.39, 0.29) is 17.2 Å². The average molecular weight is 373 g/mol. The number of nitrogens with two attached hydrogens (primary N) is 1. The van der Waals surface area contributed by atoms with Crippen molar-refractivity contribution in [2.75, 3.05) is 4.90 Å². The van der Waals surface area contributed by atoms with Gasteiger partial charge in [-0.2, -0.15) is 0 Å². The second kappa shape index (κ2) is 6.25. The summed E-state index contributed by atoms with van der Waals surface area (Å²) in [5.41, 5.74) is 7.80. The van der Waals surface area contributed by atoms with Crippen molar-refractivity contribution in [2.24, 2.45) is 17.1 Å². The van der Waals surface area contributed by atoms with Crippen molar-refractivity contribution < 1.29 is 14.7 Å². The monoisotopic (exact) mass is 372 g/mol. The summed E-state index contributed by atoms with van der Waals surface area (Å²) in [4.78, 5) is 25.7. The van der Waals surface area contributed by atoms with E-state index in [1.165, 1.54) is 16.0 Å². The van der Waals surface area contributed by atoms with E-state index in [0.29, 0.717) is 5.69 Å². The van der Waals surface area contributed by atoms with Crippen LogP contribution in [0.25, 0.3) is 0 Å². The maximum atomic E-state index is 12.3. The van der Waals surface area contributed by atoms with Crippen molar-refractivity contribution in [1.29, 1.82) is 0 Å². The van der Waals surface area contributed by atoms with Gasteiger partial charge in [0.2, 0.25) is 5.91 Å². The van der Waals surface area contributed by atoms with Gasteiger partial charge in [-0.05, 0) is 81.0 Å². The van der Waals surface area contributed by atoms with Gasteiger partial charge in [-0.3, -0.25) is 9.69 Å². The van der Waals surface area contributed by atoms with Crippen molar-refractivity contribution in [3.8, 4) is 0 Å². The molecule has 0 radical (unpaired) electrons. The molecule has 2 aliphatic rings. The van der Waals surface area contributed by atoms with Gasteiger partial charge in [0, 0.05) is 16.6 Å². The highest BCUT2D eigenvalue weighted by molar-refractivity contribution is 5.88. The summed E-state index contributed by atoms with van der Waals surface area (Å²) >= 11 is 0. The highest BCUT2D eigenvalue weighted by atomic mass is 16.4. The Hall–Kier alpha value is -2.04. The maximum absolute atomic E-state index is 12.3.